The van der Waals surface area contributed by atoms with Crippen molar-refractivity contribution in [3.05, 3.63) is 70.7 Å². The van der Waals surface area contributed by atoms with E-state index in [1.54, 1.807) is 18.2 Å². The maximum absolute atomic E-state index is 12.1. The zero-order valence-electron chi connectivity index (χ0n) is 13.5. The average Bonchev–Trinajstić information content (AvgIpc) is 2.62. The highest BCUT2D eigenvalue weighted by Gasteiger charge is 2.09. The van der Waals surface area contributed by atoms with Crippen LogP contribution in [0.15, 0.2) is 60.7 Å². The van der Waals surface area contributed by atoms with Gasteiger partial charge < -0.3 is 10.1 Å². The molecule has 0 unspecified atom stereocenters. The number of hydrogen-bond donors (Lipinski definition) is 2. The third-order valence-electron chi connectivity index (χ3n) is 3.54. The summed E-state index contributed by atoms with van der Waals surface area (Å²) in [6.45, 7) is -0.163. The number of anilines is 1. The Morgan fingerprint density at radius 2 is 1.81 bits per heavy atom. The van der Waals surface area contributed by atoms with E-state index < -0.39 is 0 Å². The molecular formula is C19H14Cl2N2O2S. The van der Waals surface area contributed by atoms with Gasteiger partial charge in [0.1, 0.15) is 5.75 Å². The third-order valence-corrected chi connectivity index (χ3v) is 4.29. The first-order valence-electron chi connectivity index (χ1n) is 7.69. The van der Waals surface area contributed by atoms with Crippen LogP contribution in [-0.4, -0.2) is 17.6 Å². The fourth-order valence-corrected chi connectivity index (χ4v) is 3.05. The summed E-state index contributed by atoms with van der Waals surface area (Å²) in [5, 5.41) is 8.43. The first-order chi connectivity index (χ1) is 12.5. The van der Waals surface area contributed by atoms with Crippen LogP contribution in [0.25, 0.3) is 10.8 Å². The van der Waals surface area contributed by atoms with E-state index in [1.165, 1.54) is 0 Å². The van der Waals surface area contributed by atoms with Crippen molar-refractivity contribution in [3.63, 3.8) is 0 Å². The predicted molar refractivity (Wildman–Crippen MR) is 110 cm³/mol. The highest BCUT2D eigenvalue weighted by Crippen LogP contribution is 2.26. The summed E-state index contributed by atoms with van der Waals surface area (Å²) < 4.78 is 5.63. The van der Waals surface area contributed by atoms with E-state index in [-0.39, 0.29) is 17.6 Å². The molecule has 3 aromatic rings. The minimum absolute atomic E-state index is 0.126. The van der Waals surface area contributed by atoms with E-state index in [4.69, 9.17) is 40.2 Å². The zero-order chi connectivity index (χ0) is 18.5. The quantitative estimate of drug-likeness (QED) is 0.598. The van der Waals surface area contributed by atoms with Crippen molar-refractivity contribution in [1.82, 2.24) is 5.32 Å². The van der Waals surface area contributed by atoms with Crippen molar-refractivity contribution in [2.75, 3.05) is 11.9 Å². The van der Waals surface area contributed by atoms with Crippen molar-refractivity contribution in [3.8, 4) is 5.75 Å². The molecule has 3 rings (SSSR count). The molecule has 0 bridgehead atoms. The summed E-state index contributed by atoms with van der Waals surface area (Å²) in [4.78, 5) is 12.1. The van der Waals surface area contributed by atoms with Crippen LogP contribution < -0.4 is 15.4 Å². The van der Waals surface area contributed by atoms with Crippen LogP contribution >= 0.6 is 35.4 Å². The average molecular weight is 405 g/mol. The highest BCUT2D eigenvalue weighted by atomic mass is 35.5. The lowest BCUT2D eigenvalue weighted by atomic mass is 10.1. The first kappa shape index (κ1) is 18.5. The molecule has 0 saturated carbocycles. The molecule has 0 heterocycles. The summed E-state index contributed by atoms with van der Waals surface area (Å²) in [6.07, 6.45) is 0. The molecule has 4 nitrogen and oxygen atoms in total. The second-order valence-electron chi connectivity index (χ2n) is 5.39. The number of halogens is 2. The van der Waals surface area contributed by atoms with Gasteiger partial charge in [0, 0.05) is 10.4 Å². The number of carbonyl (C=O) groups excluding carboxylic acids is 1. The largest absolute Gasteiger partial charge is 0.483 e. The van der Waals surface area contributed by atoms with Gasteiger partial charge in [0.25, 0.3) is 5.91 Å². The summed E-state index contributed by atoms with van der Waals surface area (Å²) in [5.41, 5.74) is 0.552. The molecule has 0 aromatic heterocycles. The van der Waals surface area contributed by atoms with Gasteiger partial charge >= 0.3 is 0 Å². The van der Waals surface area contributed by atoms with Crippen molar-refractivity contribution >= 4 is 62.9 Å². The summed E-state index contributed by atoms with van der Waals surface area (Å²) in [6, 6.07) is 18.4. The predicted octanol–water partition coefficient (Wildman–Crippen LogP) is 5.04. The van der Waals surface area contributed by atoms with Crippen LogP contribution in [0.5, 0.6) is 5.75 Å². The molecule has 0 atom stereocenters. The Morgan fingerprint density at radius 3 is 2.62 bits per heavy atom. The summed E-state index contributed by atoms with van der Waals surface area (Å²) in [7, 11) is 0. The van der Waals surface area contributed by atoms with Crippen LogP contribution in [0, 0.1) is 0 Å². The van der Waals surface area contributed by atoms with E-state index in [1.807, 2.05) is 42.5 Å². The fourth-order valence-electron chi connectivity index (χ4n) is 2.37. The number of fused-ring (bicyclic) bond motifs is 1. The van der Waals surface area contributed by atoms with E-state index in [0.29, 0.717) is 21.5 Å². The molecule has 26 heavy (non-hydrogen) atoms. The van der Waals surface area contributed by atoms with Crippen molar-refractivity contribution in [1.29, 1.82) is 0 Å². The molecule has 0 aliphatic carbocycles. The topological polar surface area (TPSA) is 50.4 Å². The molecule has 2 N–H and O–H groups in total. The Labute approximate surface area is 166 Å². The number of rotatable bonds is 4. The van der Waals surface area contributed by atoms with Gasteiger partial charge in [0.2, 0.25) is 0 Å². The van der Waals surface area contributed by atoms with Gasteiger partial charge in [-0.15, -0.1) is 0 Å². The van der Waals surface area contributed by atoms with Gasteiger partial charge in [-0.1, -0.05) is 59.6 Å². The maximum atomic E-state index is 12.1. The standard InChI is InChI=1S/C19H14Cl2N2O2S/c20-13-8-9-16(15(21)10-13)22-19(26)23-18(24)11-25-17-7-3-5-12-4-1-2-6-14(12)17/h1-10H,11H2,(H2,22,23,24,26). The second-order valence-corrected chi connectivity index (χ2v) is 6.64. The van der Waals surface area contributed by atoms with Crippen LogP contribution in [0.3, 0.4) is 0 Å². The number of amides is 1. The molecule has 0 spiro atoms. The van der Waals surface area contributed by atoms with E-state index in [2.05, 4.69) is 10.6 Å². The van der Waals surface area contributed by atoms with Gasteiger partial charge in [-0.25, -0.2) is 0 Å². The minimum Gasteiger partial charge on any atom is -0.483 e. The van der Waals surface area contributed by atoms with Crippen LogP contribution in [0.2, 0.25) is 10.0 Å². The molecular weight excluding hydrogens is 391 g/mol. The van der Waals surface area contributed by atoms with Crippen molar-refractivity contribution in [2.45, 2.75) is 0 Å². The lowest BCUT2D eigenvalue weighted by Crippen LogP contribution is -2.37. The zero-order valence-corrected chi connectivity index (χ0v) is 15.8. The number of benzene rings is 3. The monoisotopic (exact) mass is 404 g/mol. The number of carbonyl (C=O) groups is 1. The Kier molecular flexibility index (Phi) is 5.93. The summed E-state index contributed by atoms with van der Waals surface area (Å²) >= 11 is 17.0. The lowest BCUT2D eigenvalue weighted by Gasteiger charge is -2.12. The smallest absolute Gasteiger partial charge is 0.264 e. The Balaban J connectivity index is 1.57. The van der Waals surface area contributed by atoms with Gasteiger partial charge in [0.15, 0.2) is 11.7 Å². The van der Waals surface area contributed by atoms with Crippen LogP contribution in [-0.2, 0) is 4.79 Å². The second kappa shape index (κ2) is 8.36. The number of hydrogen-bond acceptors (Lipinski definition) is 3. The lowest BCUT2D eigenvalue weighted by molar-refractivity contribution is -0.121. The molecule has 0 saturated heterocycles. The Hall–Kier alpha value is -2.34. The molecule has 7 heteroatoms. The fraction of sp³-hybridized carbons (Fsp3) is 0.0526. The Morgan fingerprint density at radius 1 is 1.04 bits per heavy atom. The number of ether oxygens (including phenoxy) is 1. The third kappa shape index (κ3) is 4.64. The minimum atomic E-state index is -0.375. The van der Waals surface area contributed by atoms with Crippen molar-refractivity contribution in [2.24, 2.45) is 0 Å². The molecule has 132 valence electrons. The SMILES string of the molecule is O=C(COc1cccc2ccccc12)NC(=S)Nc1ccc(Cl)cc1Cl. The van der Waals surface area contributed by atoms with Gasteiger partial charge in [-0.3, -0.25) is 10.1 Å². The molecule has 0 fully saturated rings. The number of nitrogens with one attached hydrogen (secondary N) is 2. The summed E-state index contributed by atoms with van der Waals surface area (Å²) in [5.74, 6) is 0.262. The highest BCUT2D eigenvalue weighted by molar-refractivity contribution is 7.80. The van der Waals surface area contributed by atoms with Crippen molar-refractivity contribution < 1.29 is 9.53 Å². The van der Waals surface area contributed by atoms with E-state index in [9.17, 15) is 4.79 Å². The Bertz CT molecular complexity index is 973. The van der Waals surface area contributed by atoms with E-state index in [0.717, 1.165) is 10.8 Å². The number of thiocarbonyl (C=S) groups is 1. The van der Waals surface area contributed by atoms with Crippen LogP contribution in [0.4, 0.5) is 5.69 Å². The molecule has 0 radical (unpaired) electrons. The molecule has 0 aliphatic heterocycles. The van der Waals surface area contributed by atoms with Gasteiger partial charge in [-0.05, 0) is 41.9 Å². The normalized spacial score (nSPS) is 10.4. The molecule has 1 amide bonds. The first-order valence-corrected chi connectivity index (χ1v) is 8.86. The molecule has 3 aromatic carbocycles. The molecule has 0 aliphatic rings. The maximum Gasteiger partial charge on any atom is 0.264 e. The van der Waals surface area contributed by atoms with Gasteiger partial charge in [-0.2, -0.15) is 0 Å². The van der Waals surface area contributed by atoms with Gasteiger partial charge in [0.05, 0.1) is 10.7 Å². The van der Waals surface area contributed by atoms with Crippen LogP contribution in [0.1, 0.15) is 0 Å². The van der Waals surface area contributed by atoms with E-state index >= 15 is 0 Å².